The summed E-state index contributed by atoms with van der Waals surface area (Å²) in [5.41, 5.74) is 6.16. The van der Waals surface area contributed by atoms with Gasteiger partial charge in [-0.3, -0.25) is 9.59 Å². The first-order chi connectivity index (χ1) is 8.54. The minimum absolute atomic E-state index is 0.109. The lowest BCUT2D eigenvalue weighted by atomic mass is 10.1. The fraction of sp³-hybridized carbons (Fsp3) is 0.385. The third kappa shape index (κ3) is 4.18. The van der Waals surface area contributed by atoms with Crippen LogP contribution in [0.2, 0.25) is 0 Å². The molecule has 0 aliphatic rings. The highest BCUT2D eigenvalue weighted by atomic mass is 16.2. The first-order valence-corrected chi connectivity index (χ1v) is 5.91. The Balaban J connectivity index is 2.81. The zero-order valence-electron chi connectivity index (χ0n) is 10.7. The molecule has 0 radical (unpaired) electrons. The molecule has 98 valence electrons. The molecule has 5 heteroatoms. The van der Waals surface area contributed by atoms with Crippen molar-refractivity contribution < 1.29 is 9.59 Å². The molecule has 0 aromatic heterocycles. The van der Waals surface area contributed by atoms with E-state index in [1.165, 1.54) is 0 Å². The summed E-state index contributed by atoms with van der Waals surface area (Å²) in [5, 5.41) is 5.41. The van der Waals surface area contributed by atoms with Gasteiger partial charge in [0.1, 0.15) is 0 Å². The van der Waals surface area contributed by atoms with Gasteiger partial charge < -0.3 is 16.4 Å². The maximum Gasteiger partial charge on any atom is 0.253 e. The molecule has 4 N–H and O–H groups in total. The SMILES string of the molecule is CC(C)CNC(=O)c1ccccc1NC(=O)CN. The van der Waals surface area contributed by atoms with Gasteiger partial charge in [0.2, 0.25) is 5.91 Å². The van der Waals surface area contributed by atoms with Crippen LogP contribution in [-0.4, -0.2) is 24.9 Å². The summed E-state index contributed by atoms with van der Waals surface area (Å²) in [6.45, 7) is 4.52. The van der Waals surface area contributed by atoms with Crippen LogP contribution in [0.15, 0.2) is 24.3 Å². The second-order valence-electron chi connectivity index (χ2n) is 4.40. The second kappa shape index (κ2) is 6.76. The Morgan fingerprint density at radius 1 is 1.28 bits per heavy atom. The molecule has 0 atom stereocenters. The summed E-state index contributed by atoms with van der Waals surface area (Å²) < 4.78 is 0. The zero-order chi connectivity index (χ0) is 13.5. The number of benzene rings is 1. The van der Waals surface area contributed by atoms with Gasteiger partial charge in [0.25, 0.3) is 5.91 Å². The molecule has 0 saturated heterocycles. The van der Waals surface area contributed by atoms with Gasteiger partial charge in [-0.1, -0.05) is 26.0 Å². The third-order valence-corrected chi connectivity index (χ3v) is 2.30. The largest absolute Gasteiger partial charge is 0.352 e. The van der Waals surface area contributed by atoms with E-state index in [4.69, 9.17) is 5.73 Å². The van der Waals surface area contributed by atoms with Crippen molar-refractivity contribution in [1.29, 1.82) is 0 Å². The van der Waals surface area contributed by atoms with Gasteiger partial charge >= 0.3 is 0 Å². The fourth-order valence-electron chi connectivity index (χ4n) is 1.38. The molecule has 0 bridgehead atoms. The Labute approximate surface area is 107 Å². The number of carbonyl (C=O) groups excluding carboxylic acids is 2. The Morgan fingerprint density at radius 3 is 2.56 bits per heavy atom. The molecule has 1 rings (SSSR count). The molecule has 0 aliphatic carbocycles. The molecule has 1 aromatic carbocycles. The van der Waals surface area contributed by atoms with E-state index in [1.54, 1.807) is 24.3 Å². The number of carbonyl (C=O) groups is 2. The highest BCUT2D eigenvalue weighted by Crippen LogP contribution is 2.14. The summed E-state index contributed by atoms with van der Waals surface area (Å²) >= 11 is 0. The topological polar surface area (TPSA) is 84.2 Å². The number of para-hydroxylation sites is 1. The number of hydrogen-bond donors (Lipinski definition) is 3. The van der Waals surface area contributed by atoms with Crippen LogP contribution in [0.5, 0.6) is 0 Å². The summed E-state index contributed by atoms with van der Waals surface area (Å²) in [5.74, 6) is -0.143. The lowest BCUT2D eigenvalue weighted by Crippen LogP contribution is -2.29. The molecular weight excluding hydrogens is 230 g/mol. The predicted octanol–water partition coefficient (Wildman–Crippen LogP) is 0.970. The van der Waals surface area contributed by atoms with Crippen LogP contribution < -0.4 is 16.4 Å². The minimum Gasteiger partial charge on any atom is -0.352 e. The summed E-state index contributed by atoms with van der Waals surface area (Å²) in [4.78, 5) is 23.2. The lowest BCUT2D eigenvalue weighted by molar-refractivity contribution is -0.114. The number of rotatable bonds is 5. The van der Waals surface area contributed by atoms with Gasteiger partial charge in [0, 0.05) is 6.54 Å². The van der Waals surface area contributed by atoms with Crippen LogP contribution in [-0.2, 0) is 4.79 Å². The predicted molar refractivity (Wildman–Crippen MR) is 71.3 cm³/mol. The van der Waals surface area contributed by atoms with Crippen molar-refractivity contribution in [2.24, 2.45) is 11.7 Å². The molecular formula is C13H19N3O2. The second-order valence-corrected chi connectivity index (χ2v) is 4.40. The van der Waals surface area contributed by atoms with Crippen LogP contribution in [0.25, 0.3) is 0 Å². The van der Waals surface area contributed by atoms with E-state index in [-0.39, 0.29) is 18.4 Å². The first-order valence-electron chi connectivity index (χ1n) is 5.91. The third-order valence-electron chi connectivity index (χ3n) is 2.30. The summed E-state index contributed by atoms with van der Waals surface area (Å²) in [7, 11) is 0. The first kappa shape index (κ1) is 14.2. The van der Waals surface area contributed by atoms with Crippen molar-refractivity contribution in [3.05, 3.63) is 29.8 Å². The van der Waals surface area contributed by atoms with E-state index in [1.807, 2.05) is 13.8 Å². The average molecular weight is 249 g/mol. The zero-order valence-corrected chi connectivity index (χ0v) is 10.7. The van der Waals surface area contributed by atoms with E-state index in [9.17, 15) is 9.59 Å². The van der Waals surface area contributed by atoms with Gasteiger partial charge in [-0.2, -0.15) is 0 Å². The number of nitrogens with one attached hydrogen (secondary N) is 2. The van der Waals surface area contributed by atoms with Gasteiger partial charge in [-0.05, 0) is 18.1 Å². The van der Waals surface area contributed by atoms with Gasteiger partial charge in [0.05, 0.1) is 17.8 Å². The van der Waals surface area contributed by atoms with Crippen molar-refractivity contribution in [3.8, 4) is 0 Å². The van der Waals surface area contributed by atoms with E-state index >= 15 is 0 Å². The van der Waals surface area contributed by atoms with Crippen molar-refractivity contribution in [2.75, 3.05) is 18.4 Å². The number of anilines is 1. The smallest absolute Gasteiger partial charge is 0.253 e. The Bertz CT molecular complexity index is 430. The van der Waals surface area contributed by atoms with E-state index < -0.39 is 0 Å². The van der Waals surface area contributed by atoms with Crippen molar-refractivity contribution >= 4 is 17.5 Å². The number of nitrogens with two attached hydrogens (primary N) is 1. The van der Waals surface area contributed by atoms with Crippen LogP contribution in [0.4, 0.5) is 5.69 Å². The van der Waals surface area contributed by atoms with Crippen molar-refractivity contribution in [3.63, 3.8) is 0 Å². The molecule has 0 saturated carbocycles. The molecule has 0 fully saturated rings. The monoisotopic (exact) mass is 249 g/mol. The Hall–Kier alpha value is -1.88. The van der Waals surface area contributed by atoms with E-state index in [0.717, 1.165) is 0 Å². The summed E-state index contributed by atoms with van der Waals surface area (Å²) in [6, 6.07) is 6.85. The normalized spacial score (nSPS) is 10.2. The van der Waals surface area contributed by atoms with Crippen molar-refractivity contribution in [1.82, 2.24) is 5.32 Å². The molecule has 0 unspecified atom stereocenters. The quantitative estimate of drug-likeness (QED) is 0.727. The van der Waals surface area contributed by atoms with Crippen LogP contribution in [0.3, 0.4) is 0 Å². The summed E-state index contributed by atoms with van der Waals surface area (Å²) in [6.07, 6.45) is 0. The van der Waals surface area contributed by atoms with Crippen LogP contribution >= 0.6 is 0 Å². The van der Waals surface area contributed by atoms with Crippen molar-refractivity contribution in [2.45, 2.75) is 13.8 Å². The van der Waals surface area contributed by atoms with Gasteiger partial charge in [-0.15, -0.1) is 0 Å². The molecule has 1 aromatic rings. The van der Waals surface area contributed by atoms with Crippen LogP contribution in [0.1, 0.15) is 24.2 Å². The maximum absolute atomic E-state index is 11.9. The van der Waals surface area contributed by atoms with Crippen LogP contribution in [0, 0.1) is 5.92 Å². The Morgan fingerprint density at radius 2 is 1.94 bits per heavy atom. The highest BCUT2D eigenvalue weighted by molar-refractivity contribution is 6.04. The standard InChI is InChI=1S/C13H19N3O2/c1-9(2)8-15-13(18)10-5-3-4-6-11(10)16-12(17)7-14/h3-6,9H,7-8,14H2,1-2H3,(H,15,18)(H,16,17). The molecule has 0 aliphatic heterocycles. The molecule has 0 spiro atoms. The molecule has 0 heterocycles. The Kier molecular flexibility index (Phi) is 5.32. The van der Waals surface area contributed by atoms with Gasteiger partial charge in [-0.25, -0.2) is 0 Å². The maximum atomic E-state index is 11.9. The number of amides is 2. The number of hydrogen-bond acceptors (Lipinski definition) is 3. The lowest BCUT2D eigenvalue weighted by Gasteiger charge is -2.12. The molecule has 2 amide bonds. The average Bonchev–Trinajstić information content (AvgIpc) is 2.36. The fourth-order valence-corrected chi connectivity index (χ4v) is 1.38. The van der Waals surface area contributed by atoms with E-state index in [0.29, 0.717) is 23.7 Å². The van der Waals surface area contributed by atoms with E-state index in [2.05, 4.69) is 10.6 Å². The molecule has 18 heavy (non-hydrogen) atoms. The minimum atomic E-state index is -0.320. The van der Waals surface area contributed by atoms with Gasteiger partial charge in [0.15, 0.2) is 0 Å². The highest BCUT2D eigenvalue weighted by Gasteiger charge is 2.12. The molecule has 5 nitrogen and oxygen atoms in total.